The molecule has 0 saturated carbocycles. The average molecular weight is 379 g/mol. The molecule has 124 valence electrons. The molecule has 1 fully saturated rings. The predicted octanol–water partition coefficient (Wildman–Crippen LogP) is 3.29. The van der Waals surface area contributed by atoms with Gasteiger partial charge in [0.15, 0.2) is 0 Å². The van der Waals surface area contributed by atoms with Gasteiger partial charge in [-0.3, -0.25) is 14.5 Å². The van der Waals surface area contributed by atoms with Crippen LogP contribution in [0.1, 0.15) is 6.92 Å². The van der Waals surface area contributed by atoms with Crippen LogP contribution in [0.15, 0.2) is 51.2 Å². The van der Waals surface area contributed by atoms with Crippen LogP contribution in [0.3, 0.4) is 0 Å². The number of fused-ring (bicyclic) bond motifs is 1. The third-order valence-electron chi connectivity index (χ3n) is 3.50. The molecule has 1 aromatic rings. The molecular weight excluding hydrogens is 364 g/mol. The second-order valence-electron chi connectivity index (χ2n) is 5.00. The molecule has 0 aromatic heterocycles. The van der Waals surface area contributed by atoms with Gasteiger partial charge in [0, 0.05) is 11.4 Å². The van der Waals surface area contributed by atoms with E-state index in [9.17, 15) is 9.59 Å². The largest absolute Gasteiger partial charge is 0.480 e. The summed E-state index contributed by atoms with van der Waals surface area (Å²) in [4.78, 5) is 28.0. The van der Waals surface area contributed by atoms with Crippen LogP contribution in [0.25, 0.3) is 0 Å². The van der Waals surface area contributed by atoms with E-state index in [2.05, 4.69) is 24.0 Å². The number of carbonyl (C=O) groups excluding carboxylic acids is 1. The quantitative estimate of drug-likeness (QED) is 0.637. The van der Waals surface area contributed by atoms with Gasteiger partial charge in [0.1, 0.15) is 10.9 Å². The lowest BCUT2D eigenvalue weighted by Gasteiger charge is -2.17. The fourth-order valence-electron chi connectivity index (χ4n) is 2.44. The number of carboxylic acid groups (broad SMARTS) is 1. The molecule has 2 heterocycles. The van der Waals surface area contributed by atoms with Crippen LogP contribution in [-0.2, 0) is 9.59 Å². The van der Waals surface area contributed by atoms with Crippen LogP contribution in [0.5, 0.6) is 0 Å². The number of amides is 1. The lowest BCUT2D eigenvalue weighted by Crippen LogP contribution is -2.33. The van der Waals surface area contributed by atoms with Crippen molar-refractivity contribution in [2.24, 2.45) is 0 Å². The van der Waals surface area contributed by atoms with E-state index in [1.165, 1.54) is 4.90 Å². The Bertz CT molecular complexity index is 789. The van der Waals surface area contributed by atoms with Gasteiger partial charge in [0.25, 0.3) is 5.91 Å². The second-order valence-corrected chi connectivity index (χ2v) is 7.74. The lowest BCUT2D eigenvalue weighted by atomic mass is 10.3. The molecule has 0 unspecified atom stereocenters. The number of allylic oxidation sites excluding steroid dienone is 2. The third-order valence-corrected chi connectivity index (χ3v) is 6.02. The molecule has 0 spiro atoms. The van der Waals surface area contributed by atoms with Crippen LogP contribution in [-0.4, -0.2) is 39.3 Å². The maximum absolute atomic E-state index is 12.3. The van der Waals surface area contributed by atoms with E-state index in [1.54, 1.807) is 17.8 Å². The number of anilines is 1. The number of aliphatic carboxylic acids is 1. The number of para-hydroxylation sites is 1. The van der Waals surface area contributed by atoms with E-state index in [0.717, 1.165) is 33.9 Å². The fraction of sp³-hybridized carbons (Fsp3) is 0.188. The van der Waals surface area contributed by atoms with E-state index in [1.807, 2.05) is 18.2 Å². The topological polar surface area (TPSA) is 60.9 Å². The first kappa shape index (κ1) is 17.1. The van der Waals surface area contributed by atoms with Gasteiger partial charge in [-0.05, 0) is 31.2 Å². The smallest absolute Gasteiger partial charge is 0.323 e. The summed E-state index contributed by atoms with van der Waals surface area (Å²) in [5.74, 6) is -1.43. The van der Waals surface area contributed by atoms with Crippen molar-refractivity contribution in [3.05, 3.63) is 46.4 Å². The van der Waals surface area contributed by atoms with E-state index in [-0.39, 0.29) is 10.2 Å². The van der Waals surface area contributed by atoms with Crippen LogP contribution in [0.2, 0.25) is 0 Å². The third kappa shape index (κ3) is 3.22. The normalized spacial score (nSPS) is 20.4. The van der Waals surface area contributed by atoms with Gasteiger partial charge < -0.3 is 10.0 Å². The Labute approximate surface area is 153 Å². The highest BCUT2D eigenvalue weighted by Crippen LogP contribution is 2.45. The van der Waals surface area contributed by atoms with Crippen molar-refractivity contribution in [1.82, 2.24) is 4.90 Å². The zero-order valence-corrected chi connectivity index (χ0v) is 15.2. The summed E-state index contributed by atoms with van der Waals surface area (Å²) in [6, 6.07) is 8.14. The van der Waals surface area contributed by atoms with Crippen LogP contribution in [0.4, 0.5) is 5.69 Å². The van der Waals surface area contributed by atoms with E-state index in [4.69, 9.17) is 17.3 Å². The van der Waals surface area contributed by atoms with Gasteiger partial charge in [-0.25, -0.2) is 0 Å². The average Bonchev–Trinajstić information content (AvgIpc) is 3.04. The first-order valence-corrected chi connectivity index (χ1v) is 9.27. The van der Waals surface area contributed by atoms with Crippen LogP contribution < -0.4 is 4.90 Å². The molecule has 5 nitrogen and oxygen atoms in total. The number of carbonyl (C=O) groups is 2. The minimum Gasteiger partial charge on any atom is -0.480 e. The molecule has 1 amide bonds. The van der Waals surface area contributed by atoms with Crippen molar-refractivity contribution >= 4 is 57.6 Å². The van der Waals surface area contributed by atoms with Crippen molar-refractivity contribution < 1.29 is 14.7 Å². The van der Waals surface area contributed by atoms with Crippen molar-refractivity contribution in [2.45, 2.75) is 11.8 Å². The number of benzene rings is 1. The van der Waals surface area contributed by atoms with Crippen LogP contribution >= 0.6 is 35.7 Å². The molecule has 1 saturated heterocycles. The standard InChI is InChI=1S/C16H14N2O3S3/c1-2-17-10-5-3-4-6-11(10)23-13(17)8-7-12-15(21)18(9-14(19)20)16(22)24-12/h3-8H,2,9H2,1H3,(H,19,20)/b12-7-,13-8+. The van der Waals surface area contributed by atoms with Gasteiger partial charge in [-0.1, -0.05) is 47.9 Å². The Morgan fingerprint density at radius 2 is 2.00 bits per heavy atom. The van der Waals surface area contributed by atoms with E-state index < -0.39 is 12.5 Å². The molecule has 0 atom stereocenters. The van der Waals surface area contributed by atoms with Gasteiger partial charge in [-0.2, -0.15) is 0 Å². The molecule has 8 heteroatoms. The highest BCUT2D eigenvalue weighted by atomic mass is 32.2. The van der Waals surface area contributed by atoms with Gasteiger partial charge in [0.2, 0.25) is 0 Å². The van der Waals surface area contributed by atoms with E-state index in [0.29, 0.717) is 4.91 Å². The molecule has 3 rings (SSSR count). The number of hydrogen-bond donors (Lipinski definition) is 1. The number of nitrogens with zero attached hydrogens (tertiary/aromatic N) is 2. The minimum atomic E-state index is -1.08. The van der Waals surface area contributed by atoms with Gasteiger partial charge >= 0.3 is 5.97 Å². The predicted molar refractivity (Wildman–Crippen MR) is 101 cm³/mol. The lowest BCUT2D eigenvalue weighted by molar-refractivity contribution is -0.140. The Morgan fingerprint density at radius 1 is 1.25 bits per heavy atom. The highest BCUT2D eigenvalue weighted by molar-refractivity contribution is 8.26. The molecule has 0 aliphatic carbocycles. The SMILES string of the molecule is CCN1/C(=C\C=C2/SC(=S)N(CC(=O)O)C2=O)Sc2ccccc21. The zero-order valence-electron chi connectivity index (χ0n) is 12.8. The Kier molecular flexibility index (Phi) is 4.98. The second kappa shape index (κ2) is 7.00. The van der Waals surface area contributed by atoms with Crippen molar-refractivity contribution in [1.29, 1.82) is 0 Å². The molecule has 2 aliphatic heterocycles. The fourth-order valence-corrected chi connectivity index (χ4v) is 4.76. The van der Waals surface area contributed by atoms with Crippen molar-refractivity contribution in [2.75, 3.05) is 18.0 Å². The molecule has 2 aliphatic rings. The van der Waals surface area contributed by atoms with Gasteiger partial charge in [0.05, 0.1) is 15.6 Å². The molecule has 0 radical (unpaired) electrons. The molecular formula is C16H14N2O3S3. The van der Waals surface area contributed by atoms with E-state index >= 15 is 0 Å². The number of thiocarbonyl (C=S) groups is 1. The maximum atomic E-state index is 12.3. The van der Waals surface area contributed by atoms with Gasteiger partial charge in [-0.15, -0.1) is 0 Å². The Balaban J connectivity index is 1.83. The number of rotatable bonds is 4. The van der Waals surface area contributed by atoms with Crippen molar-refractivity contribution in [3.63, 3.8) is 0 Å². The summed E-state index contributed by atoms with van der Waals surface area (Å²) in [5, 5.41) is 9.89. The zero-order chi connectivity index (χ0) is 17.3. The first-order chi connectivity index (χ1) is 11.5. The van der Waals surface area contributed by atoms with Crippen molar-refractivity contribution in [3.8, 4) is 0 Å². The monoisotopic (exact) mass is 378 g/mol. The first-order valence-electron chi connectivity index (χ1n) is 7.23. The molecule has 1 N–H and O–H groups in total. The summed E-state index contributed by atoms with van der Waals surface area (Å²) >= 11 is 7.87. The summed E-state index contributed by atoms with van der Waals surface area (Å²) in [5.41, 5.74) is 1.16. The number of thioether (sulfide) groups is 2. The molecule has 1 aromatic carbocycles. The minimum absolute atomic E-state index is 0.279. The summed E-state index contributed by atoms with van der Waals surface area (Å²) in [6.45, 7) is 2.49. The Hall–Kier alpha value is -1.77. The maximum Gasteiger partial charge on any atom is 0.323 e. The number of hydrogen-bond acceptors (Lipinski definition) is 6. The summed E-state index contributed by atoms with van der Waals surface area (Å²) in [7, 11) is 0. The molecule has 24 heavy (non-hydrogen) atoms. The number of carboxylic acids is 1. The summed E-state index contributed by atoms with van der Waals surface area (Å²) in [6.07, 6.45) is 3.61. The Morgan fingerprint density at radius 3 is 2.71 bits per heavy atom. The van der Waals surface area contributed by atoms with Crippen LogP contribution in [0, 0.1) is 0 Å². The summed E-state index contributed by atoms with van der Waals surface area (Å²) < 4.78 is 0.279. The highest BCUT2D eigenvalue weighted by Gasteiger charge is 2.33. The molecule has 0 bridgehead atoms.